The number of ether oxygens (including phenoxy) is 1. The molecule has 140 valence electrons. The summed E-state index contributed by atoms with van der Waals surface area (Å²) in [6, 6.07) is 0. The summed E-state index contributed by atoms with van der Waals surface area (Å²) in [6.45, 7) is 6.72. The highest BCUT2D eigenvalue weighted by atomic mass is 32.2. The van der Waals surface area contributed by atoms with Gasteiger partial charge >= 0.3 is 6.09 Å². The lowest BCUT2D eigenvalue weighted by atomic mass is 10.2. The molecule has 1 atom stereocenters. The minimum Gasteiger partial charge on any atom is -0.444 e. The van der Waals surface area contributed by atoms with Crippen LogP contribution in [0, 0.1) is 0 Å². The van der Waals surface area contributed by atoms with Crippen LogP contribution < -0.4 is 10.5 Å². The summed E-state index contributed by atoms with van der Waals surface area (Å²) in [7, 11) is -3.65. The molecule has 1 aliphatic heterocycles. The van der Waals surface area contributed by atoms with Crippen LogP contribution in [0.15, 0.2) is 0 Å². The van der Waals surface area contributed by atoms with Gasteiger partial charge in [0, 0.05) is 26.1 Å². The van der Waals surface area contributed by atoms with E-state index in [0.717, 1.165) is 25.7 Å². The van der Waals surface area contributed by atoms with E-state index in [9.17, 15) is 18.0 Å². The Morgan fingerprint density at radius 2 is 1.92 bits per heavy atom. The highest BCUT2D eigenvalue weighted by Gasteiger charge is 2.35. The van der Waals surface area contributed by atoms with E-state index in [4.69, 9.17) is 9.88 Å². The molecule has 1 heterocycles. The Balaban J connectivity index is 2.09. The van der Waals surface area contributed by atoms with Gasteiger partial charge in [-0.15, -0.1) is 0 Å². The molecule has 3 N–H and O–H groups in total. The van der Waals surface area contributed by atoms with Crippen molar-refractivity contribution in [3.05, 3.63) is 0 Å². The number of nitrogens with zero attached hydrogens (tertiary/aromatic N) is 1. The van der Waals surface area contributed by atoms with E-state index < -0.39 is 27.0 Å². The summed E-state index contributed by atoms with van der Waals surface area (Å²) in [5.41, 5.74) is -0.499. The Morgan fingerprint density at radius 1 is 1.29 bits per heavy atom. The average molecular weight is 363 g/mol. The van der Waals surface area contributed by atoms with Crippen LogP contribution in [0.3, 0.4) is 0 Å². The number of rotatable bonds is 8. The molecular formula is C15H29N3O5S. The van der Waals surface area contributed by atoms with Gasteiger partial charge < -0.3 is 15.0 Å². The zero-order valence-electron chi connectivity index (χ0n) is 14.7. The number of unbranched alkanes of at least 4 members (excludes halogenated alkanes) is 3. The molecule has 1 fully saturated rings. The summed E-state index contributed by atoms with van der Waals surface area (Å²) < 4.78 is 27.7. The smallest absolute Gasteiger partial charge is 0.407 e. The van der Waals surface area contributed by atoms with Crippen molar-refractivity contribution in [2.24, 2.45) is 5.14 Å². The van der Waals surface area contributed by atoms with Gasteiger partial charge in [0.1, 0.15) is 10.9 Å². The second-order valence-electron chi connectivity index (χ2n) is 7.10. The second-order valence-corrected chi connectivity index (χ2v) is 8.94. The zero-order valence-corrected chi connectivity index (χ0v) is 15.5. The molecule has 0 spiro atoms. The van der Waals surface area contributed by atoms with Gasteiger partial charge in [0.15, 0.2) is 0 Å². The molecule has 1 unspecified atom stereocenters. The van der Waals surface area contributed by atoms with E-state index in [0.29, 0.717) is 13.1 Å². The number of nitrogens with one attached hydrogen (secondary N) is 1. The zero-order chi connectivity index (χ0) is 18.4. The van der Waals surface area contributed by atoms with Gasteiger partial charge in [-0.1, -0.05) is 12.8 Å². The maximum absolute atomic E-state index is 11.7. The molecule has 0 aliphatic carbocycles. The topological polar surface area (TPSA) is 119 Å². The van der Waals surface area contributed by atoms with Gasteiger partial charge in [-0.25, -0.2) is 18.4 Å². The highest BCUT2D eigenvalue weighted by Crippen LogP contribution is 2.17. The van der Waals surface area contributed by atoms with Crippen molar-refractivity contribution in [3.63, 3.8) is 0 Å². The molecule has 0 aromatic carbocycles. The minimum absolute atomic E-state index is 0.0152. The average Bonchev–Trinajstić information content (AvgIpc) is 2.77. The fraction of sp³-hybridized carbons (Fsp3) is 0.867. The highest BCUT2D eigenvalue weighted by molar-refractivity contribution is 7.89. The fourth-order valence-corrected chi connectivity index (χ4v) is 3.22. The largest absolute Gasteiger partial charge is 0.444 e. The SMILES string of the molecule is CC(C)(C)OC(=O)NCCCCCCN1CC(S(N)(=O)=O)CC1=O. The molecule has 0 aromatic heterocycles. The van der Waals surface area contributed by atoms with E-state index in [1.807, 2.05) is 20.8 Å². The number of sulfonamides is 1. The normalized spacial score (nSPS) is 18.8. The molecule has 1 rings (SSSR count). The summed E-state index contributed by atoms with van der Waals surface area (Å²) in [6.07, 6.45) is 3.01. The fourth-order valence-electron chi connectivity index (χ4n) is 2.46. The first kappa shape index (κ1) is 20.7. The van der Waals surface area contributed by atoms with Crippen LogP contribution in [0.2, 0.25) is 0 Å². The van der Waals surface area contributed by atoms with Crippen molar-refractivity contribution in [2.75, 3.05) is 19.6 Å². The van der Waals surface area contributed by atoms with Crippen LogP contribution in [0.4, 0.5) is 4.79 Å². The molecule has 1 saturated heterocycles. The van der Waals surface area contributed by atoms with Gasteiger partial charge in [-0.3, -0.25) is 4.79 Å². The number of carbonyl (C=O) groups excluding carboxylic acids is 2. The van der Waals surface area contributed by atoms with E-state index in [2.05, 4.69) is 5.32 Å². The maximum atomic E-state index is 11.7. The van der Waals surface area contributed by atoms with E-state index in [1.165, 1.54) is 0 Å². The molecule has 0 aromatic rings. The number of likely N-dealkylation sites (tertiary alicyclic amines) is 1. The standard InChI is InChI=1S/C15H29N3O5S/c1-15(2,3)23-14(20)17-8-6-4-5-7-9-18-11-12(10-13(18)19)24(16,21)22/h12H,4-11H2,1-3H3,(H,17,20)(H2,16,21,22). The molecule has 2 amide bonds. The first-order chi connectivity index (χ1) is 11.0. The summed E-state index contributed by atoms with van der Waals surface area (Å²) in [4.78, 5) is 24.7. The Hall–Kier alpha value is -1.35. The van der Waals surface area contributed by atoms with E-state index in [-0.39, 0.29) is 18.9 Å². The Bertz CT molecular complexity index is 542. The van der Waals surface area contributed by atoms with Crippen LogP contribution in [0.25, 0.3) is 0 Å². The molecule has 8 nitrogen and oxygen atoms in total. The summed E-state index contributed by atoms with van der Waals surface area (Å²) in [5, 5.41) is 7.01. The van der Waals surface area contributed by atoms with Gasteiger partial charge in [0.05, 0.1) is 0 Å². The Labute approximate surface area is 144 Å². The third-order valence-electron chi connectivity index (χ3n) is 3.67. The molecule has 9 heteroatoms. The summed E-state index contributed by atoms with van der Waals surface area (Å²) in [5.74, 6) is -0.152. The number of carbonyl (C=O) groups is 2. The van der Waals surface area contributed by atoms with Gasteiger partial charge in [0.2, 0.25) is 15.9 Å². The molecular weight excluding hydrogens is 334 g/mol. The predicted octanol–water partition coefficient (Wildman–Crippen LogP) is 0.961. The van der Waals surface area contributed by atoms with Gasteiger partial charge in [-0.05, 0) is 33.6 Å². The first-order valence-corrected chi connectivity index (χ1v) is 9.86. The Kier molecular flexibility index (Phi) is 7.47. The number of nitrogens with two attached hydrogens (primary N) is 1. The van der Waals surface area contributed by atoms with Crippen molar-refractivity contribution < 1.29 is 22.7 Å². The van der Waals surface area contributed by atoms with Crippen LogP contribution in [0.5, 0.6) is 0 Å². The van der Waals surface area contributed by atoms with Crippen LogP contribution in [-0.2, 0) is 19.6 Å². The maximum Gasteiger partial charge on any atom is 0.407 e. The molecule has 1 aliphatic rings. The van der Waals surface area contributed by atoms with Gasteiger partial charge in [0.25, 0.3) is 0 Å². The monoisotopic (exact) mass is 363 g/mol. The van der Waals surface area contributed by atoms with Crippen molar-refractivity contribution in [3.8, 4) is 0 Å². The van der Waals surface area contributed by atoms with Crippen LogP contribution >= 0.6 is 0 Å². The number of hydrogen-bond acceptors (Lipinski definition) is 5. The minimum atomic E-state index is -3.65. The lowest BCUT2D eigenvalue weighted by molar-refractivity contribution is -0.127. The quantitative estimate of drug-likeness (QED) is 0.623. The van der Waals surface area contributed by atoms with E-state index >= 15 is 0 Å². The lowest BCUT2D eigenvalue weighted by Crippen LogP contribution is -2.33. The number of hydrogen-bond donors (Lipinski definition) is 2. The van der Waals surface area contributed by atoms with Crippen molar-refractivity contribution >= 4 is 22.0 Å². The molecule has 0 saturated carbocycles. The van der Waals surface area contributed by atoms with Crippen molar-refractivity contribution in [1.82, 2.24) is 10.2 Å². The predicted molar refractivity (Wildman–Crippen MR) is 90.8 cm³/mol. The number of primary sulfonamides is 1. The number of alkyl carbamates (subject to hydrolysis) is 1. The van der Waals surface area contributed by atoms with Crippen molar-refractivity contribution in [1.29, 1.82) is 0 Å². The molecule has 0 bridgehead atoms. The Morgan fingerprint density at radius 3 is 2.46 bits per heavy atom. The lowest BCUT2D eigenvalue weighted by Gasteiger charge is -2.19. The van der Waals surface area contributed by atoms with Crippen molar-refractivity contribution in [2.45, 2.75) is 63.7 Å². The first-order valence-electron chi connectivity index (χ1n) is 8.25. The summed E-state index contributed by atoms with van der Waals surface area (Å²) >= 11 is 0. The molecule has 0 radical (unpaired) electrons. The second kappa shape index (κ2) is 8.66. The van der Waals surface area contributed by atoms with Crippen LogP contribution in [0.1, 0.15) is 52.9 Å². The van der Waals surface area contributed by atoms with Gasteiger partial charge in [-0.2, -0.15) is 0 Å². The third-order valence-corrected chi connectivity index (χ3v) is 4.91. The van der Waals surface area contributed by atoms with E-state index in [1.54, 1.807) is 4.90 Å². The third kappa shape index (κ3) is 7.96. The number of amides is 2. The van der Waals surface area contributed by atoms with Crippen LogP contribution in [-0.4, -0.2) is 55.8 Å². The molecule has 24 heavy (non-hydrogen) atoms.